The number of rotatable bonds is 8. The standard InChI is InChI=1S/C20H24ClFN2O5S/c1-11(2)6-12(3)29-20-16(21)7-13(10-23-20)14-8-17(22)15(9-18(14)28-4)19(25)24-30(5,26)27/h7-12H,6H2,1-5H3,(H,24,25)/t12-/m0/s1. The van der Waals surface area contributed by atoms with Gasteiger partial charge in [-0.05, 0) is 37.5 Å². The van der Waals surface area contributed by atoms with Crippen molar-refractivity contribution in [3.05, 3.63) is 40.8 Å². The Morgan fingerprint density at radius 1 is 1.27 bits per heavy atom. The van der Waals surface area contributed by atoms with Gasteiger partial charge in [-0.2, -0.15) is 0 Å². The molecule has 0 unspecified atom stereocenters. The van der Waals surface area contributed by atoms with Crippen LogP contribution in [0, 0.1) is 11.7 Å². The van der Waals surface area contributed by atoms with E-state index in [0.29, 0.717) is 17.0 Å². The SMILES string of the molecule is COc1cc(C(=O)NS(C)(=O)=O)c(F)cc1-c1cnc(O[C@@H](C)CC(C)C)c(Cl)c1. The van der Waals surface area contributed by atoms with Gasteiger partial charge >= 0.3 is 0 Å². The van der Waals surface area contributed by atoms with E-state index < -0.39 is 27.3 Å². The highest BCUT2D eigenvalue weighted by Crippen LogP contribution is 2.35. The Labute approximate surface area is 180 Å². The molecule has 0 bridgehead atoms. The molecule has 1 atom stereocenters. The number of methoxy groups -OCH3 is 1. The average molecular weight is 459 g/mol. The Bertz CT molecular complexity index is 1040. The van der Waals surface area contributed by atoms with Crippen molar-refractivity contribution < 1.29 is 27.1 Å². The number of halogens is 2. The monoisotopic (exact) mass is 458 g/mol. The van der Waals surface area contributed by atoms with Crippen molar-refractivity contribution in [2.45, 2.75) is 33.3 Å². The van der Waals surface area contributed by atoms with Gasteiger partial charge < -0.3 is 9.47 Å². The van der Waals surface area contributed by atoms with Crippen LogP contribution in [0.4, 0.5) is 4.39 Å². The molecule has 2 rings (SSSR count). The smallest absolute Gasteiger partial charge is 0.267 e. The molecule has 0 radical (unpaired) electrons. The minimum atomic E-state index is -3.85. The first kappa shape index (κ1) is 23.9. The van der Waals surface area contributed by atoms with E-state index in [4.69, 9.17) is 21.1 Å². The van der Waals surface area contributed by atoms with Gasteiger partial charge in [0, 0.05) is 17.3 Å². The fourth-order valence-electron chi connectivity index (χ4n) is 2.91. The summed E-state index contributed by atoms with van der Waals surface area (Å²) in [7, 11) is -2.50. The number of hydrogen-bond donors (Lipinski definition) is 1. The second kappa shape index (κ2) is 9.61. The van der Waals surface area contributed by atoms with Gasteiger partial charge in [-0.3, -0.25) is 4.79 Å². The van der Waals surface area contributed by atoms with Gasteiger partial charge in [0.2, 0.25) is 15.9 Å². The molecule has 0 aliphatic rings. The van der Waals surface area contributed by atoms with Crippen LogP contribution in [0.2, 0.25) is 5.02 Å². The van der Waals surface area contributed by atoms with Gasteiger partial charge in [-0.15, -0.1) is 0 Å². The number of ether oxygens (including phenoxy) is 2. The van der Waals surface area contributed by atoms with Crippen molar-refractivity contribution in [1.82, 2.24) is 9.71 Å². The quantitative estimate of drug-likeness (QED) is 0.641. The molecule has 1 amide bonds. The molecule has 164 valence electrons. The number of pyridine rings is 1. The number of sulfonamides is 1. The largest absolute Gasteiger partial charge is 0.496 e. The molecule has 10 heteroatoms. The van der Waals surface area contributed by atoms with E-state index in [-0.39, 0.29) is 22.8 Å². The number of benzene rings is 1. The van der Waals surface area contributed by atoms with Crippen molar-refractivity contribution in [2.75, 3.05) is 13.4 Å². The number of carbonyl (C=O) groups is 1. The molecule has 30 heavy (non-hydrogen) atoms. The van der Waals surface area contributed by atoms with Crippen LogP contribution in [0.15, 0.2) is 24.4 Å². The highest BCUT2D eigenvalue weighted by molar-refractivity contribution is 7.89. The predicted molar refractivity (Wildman–Crippen MR) is 113 cm³/mol. The molecule has 0 saturated heterocycles. The summed E-state index contributed by atoms with van der Waals surface area (Å²) in [6.07, 6.45) is 3.00. The molecule has 0 saturated carbocycles. The zero-order valence-electron chi connectivity index (χ0n) is 17.3. The Morgan fingerprint density at radius 2 is 1.93 bits per heavy atom. The minimum Gasteiger partial charge on any atom is -0.496 e. The molecule has 0 fully saturated rings. The summed E-state index contributed by atoms with van der Waals surface area (Å²) < 4.78 is 49.8. The number of hydrogen-bond acceptors (Lipinski definition) is 6. The van der Waals surface area contributed by atoms with Crippen molar-refractivity contribution in [3.63, 3.8) is 0 Å². The number of amides is 1. The summed E-state index contributed by atoms with van der Waals surface area (Å²) in [5.41, 5.74) is 0.263. The molecule has 1 heterocycles. The molecule has 7 nitrogen and oxygen atoms in total. The Hall–Kier alpha value is -2.39. The van der Waals surface area contributed by atoms with Crippen LogP contribution in [0.3, 0.4) is 0 Å². The van der Waals surface area contributed by atoms with Crippen molar-refractivity contribution in [3.8, 4) is 22.8 Å². The fraction of sp³-hybridized carbons (Fsp3) is 0.400. The van der Waals surface area contributed by atoms with Gasteiger partial charge in [-0.25, -0.2) is 22.5 Å². The van der Waals surface area contributed by atoms with E-state index in [1.165, 1.54) is 13.3 Å². The van der Waals surface area contributed by atoms with Gasteiger partial charge in [0.1, 0.15) is 16.6 Å². The average Bonchev–Trinajstić information content (AvgIpc) is 2.61. The summed E-state index contributed by atoms with van der Waals surface area (Å²) in [5, 5.41) is 0.240. The summed E-state index contributed by atoms with van der Waals surface area (Å²) in [5.74, 6) is -1.16. The fourth-order valence-corrected chi connectivity index (χ4v) is 3.56. The summed E-state index contributed by atoms with van der Waals surface area (Å²) >= 11 is 6.30. The van der Waals surface area contributed by atoms with Crippen LogP contribution in [-0.2, 0) is 10.0 Å². The molecular weight excluding hydrogens is 435 g/mol. The van der Waals surface area contributed by atoms with Crippen molar-refractivity contribution in [2.24, 2.45) is 5.92 Å². The zero-order valence-corrected chi connectivity index (χ0v) is 18.9. The molecule has 1 N–H and O–H groups in total. The summed E-state index contributed by atoms with van der Waals surface area (Å²) in [6.45, 7) is 6.09. The van der Waals surface area contributed by atoms with Crippen LogP contribution in [0.1, 0.15) is 37.6 Å². The highest BCUT2D eigenvalue weighted by atomic mass is 35.5. The van der Waals surface area contributed by atoms with Crippen LogP contribution >= 0.6 is 11.6 Å². The molecule has 0 spiro atoms. The van der Waals surface area contributed by atoms with Gasteiger partial charge in [0.05, 0.1) is 25.0 Å². The molecule has 2 aromatic rings. The van der Waals surface area contributed by atoms with Gasteiger partial charge in [0.15, 0.2) is 0 Å². The van der Waals surface area contributed by atoms with Gasteiger partial charge in [-0.1, -0.05) is 25.4 Å². The lowest BCUT2D eigenvalue weighted by Gasteiger charge is -2.17. The lowest BCUT2D eigenvalue weighted by Crippen LogP contribution is -2.30. The normalized spacial score (nSPS) is 12.5. The first-order chi connectivity index (χ1) is 13.9. The Kier molecular flexibility index (Phi) is 7.65. The number of nitrogens with one attached hydrogen (secondary N) is 1. The van der Waals surface area contributed by atoms with Crippen molar-refractivity contribution in [1.29, 1.82) is 0 Å². The second-order valence-corrected chi connectivity index (χ2v) is 9.46. The van der Waals surface area contributed by atoms with Crippen LogP contribution in [0.5, 0.6) is 11.6 Å². The number of nitrogens with zero attached hydrogens (tertiary/aromatic N) is 1. The van der Waals surface area contributed by atoms with E-state index in [2.05, 4.69) is 18.8 Å². The van der Waals surface area contributed by atoms with E-state index in [1.807, 2.05) is 6.92 Å². The summed E-state index contributed by atoms with van der Waals surface area (Å²) in [4.78, 5) is 16.3. The number of carbonyl (C=O) groups excluding carboxylic acids is 1. The van der Waals surface area contributed by atoms with Crippen LogP contribution in [-0.4, -0.2) is 38.8 Å². The third-order valence-electron chi connectivity index (χ3n) is 4.05. The topological polar surface area (TPSA) is 94.6 Å². The van der Waals surface area contributed by atoms with Crippen molar-refractivity contribution >= 4 is 27.5 Å². The maximum atomic E-state index is 14.6. The molecule has 1 aromatic carbocycles. The van der Waals surface area contributed by atoms with E-state index in [1.54, 1.807) is 10.8 Å². The van der Waals surface area contributed by atoms with Crippen LogP contribution in [0.25, 0.3) is 11.1 Å². The Balaban J connectivity index is 2.38. The van der Waals surface area contributed by atoms with E-state index in [0.717, 1.165) is 24.8 Å². The maximum absolute atomic E-state index is 14.6. The molecule has 0 aliphatic heterocycles. The maximum Gasteiger partial charge on any atom is 0.267 e. The van der Waals surface area contributed by atoms with E-state index in [9.17, 15) is 17.6 Å². The first-order valence-electron chi connectivity index (χ1n) is 9.13. The third kappa shape index (κ3) is 6.30. The van der Waals surface area contributed by atoms with E-state index >= 15 is 0 Å². The molecule has 0 aliphatic carbocycles. The molecular formula is C20H24ClFN2O5S. The van der Waals surface area contributed by atoms with Gasteiger partial charge in [0.25, 0.3) is 5.91 Å². The lowest BCUT2D eigenvalue weighted by atomic mass is 10.0. The minimum absolute atomic E-state index is 0.0829. The zero-order chi connectivity index (χ0) is 22.6. The number of aromatic nitrogens is 1. The Morgan fingerprint density at radius 3 is 2.47 bits per heavy atom. The second-order valence-electron chi connectivity index (χ2n) is 7.30. The van der Waals surface area contributed by atoms with Crippen LogP contribution < -0.4 is 14.2 Å². The predicted octanol–water partition coefficient (Wildman–Crippen LogP) is 4.05. The molecule has 1 aromatic heterocycles. The first-order valence-corrected chi connectivity index (χ1v) is 11.4. The highest BCUT2D eigenvalue weighted by Gasteiger charge is 2.21. The summed E-state index contributed by atoms with van der Waals surface area (Å²) in [6, 6.07) is 3.74. The lowest BCUT2D eigenvalue weighted by molar-refractivity contribution is 0.0977. The third-order valence-corrected chi connectivity index (χ3v) is 4.87.